The summed E-state index contributed by atoms with van der Waals surface area (Å²) >= 11 is 0. The molecule has 1 aliphatic rings. The Morgan fingerprint density at radius 1 is 1.00 bits per heavy atom. The van der Waals surface area contributed by atoms with Gasteiger partial charge in [0.25, 0.3) is 0 Å². The number of anilines is 1. The number of aromatic nitrogens is 4. The monoisotopic (exact) mass is 420 g/mol. The van der Waals surface area contributed by atoms with Crippen molar-refractivity contribution in [2.45, 2.75) is 12.8 Å². The number of carbonyl (C=O) groups is 1. The normalized spacial score (nSPS) is 13.7. The van der Waals surface area contributed by atoms with Gasteiger partial charge in [-0.2, -0.15) is 4.39 Å². The maximum Gasteiger partial charge on any atom is 0.321 e. The highest BCUT2D eigenvalue weighted by molar-refractivity contribution is 5.90. The number of pyridine rings is 2. The van der Waals surface area contributed by atoms with E-state index in [1.807, 2.05) is 0 Å². The zero-order chi connectivity index (χ0) is 21.4. The van der Waals surface area contributed by atoms with Gasteiger partial charge < -0.3 is 15.2 Å². The van der Waals surface area contributed by atoms with E-state index >= 15 is 0 Å². The standard InChI is InChI=1S/C22H18F2N6O/c23-17-5-4-15(27-22(31)30-7-1-2-8-30)10-16(17)20-28-18-9-14(12-26-21(18)29-20)13-3-6-19(24)25-11-13/h3-6,9-12H,1-2,7-8H2,(H,27,31)(H,26,28,29). The molecule has 156 valence electrons. The molecule has 5 rings (SSSR count). The van der Waals surface area contributed by atoms with Gasteiger partial charge in [0.1, 0.15) is 11.6 Å². The number of aromatic amines is 1. The second kappa shape index (κ2) is 7.75. The average molecular weight is 420 g/mol. The maximum absolute atomic E-state index is 14.6. The van der Waals surface area contributed by atoms with Crippen LogP contribution in [0.1, 0.15) is 12.8 Å². The van der Waals surface area contributed by atoms with Gasteiger partial charge >= 0.3 is 6.03 Å². The van der Waals surface area contributed by atoms with E-state index < -0.39 is 11.8 Å². The third-order valence-corrected chi connectivity index (χ3v) is 5.26. The van der Waals surface area contributed by atoms with E-state index in [9.17, 15) is 13.6 Å². The molecule has 0 bridgehead atoms. The van der Waals surface area contributed by atoms with Gasteiger partial charge in [0.2, 0.25) is 5.95 Å². The van der Waals surface area contributed by atoms with Crippen LogP contribution in [0.4, 0.5) is 19.3 Å². The Bertz CT molecular complexity index is 1260. The minimum absolute atomic E-state index is 0.195. The van der Waals surface area contributed by atoms with Gasteiger partial charge in [-0.15, -0.1) is 0 Å². The van der Waals surface area contributed by atoms with Crippen molar-refractivity contribution in [1.29, 1.82) is 0 Å². The number of nitrogens with zero attached hydrogens (tertiary/aromatic N) is 4. The minimum atomic E-state index is -0.561. The Morgan fingerprint density at radius 2 is 1.81 bits per heavy atom. The number of H-pyrrole nitrogens is 1. The number of likely N-dealkylation sites (tertiary alicyclic amines) is 1. The molecule has 0 spiro atoms. The average Bonchev–Trinajstić information content (AvgIpc) is 3.45. The van der Waals surface area contributed by atoms with Crippen LogP contribution in [0.15, 0.2) is 48.8 Å². The third kappa shape index (κ3) is 3.81. The van der Waals surface area contributed by atoms with Gasteiger partial charge in [0.15, 0.2) is 5.65 Å². The molecule has 4 aromatic rings. The molecule has 2 amide bonds. The molecular weight excluding hydrogens is 402 g/mol. The number of hydrogen-bond donors (Lipinski definition) is 2. The number of halogens is 2. The largest absolute Gasteiger partial charge is 0.336 e. The molecule has 1 fully saturated rings. The second-order valence-electron chi connectivity index (χ2n) is 7.37. The molecule has 31 heavy (non-hydrogen) atoms. The summed E-state index contributed by atoms with van der Waals surface area (Å²) in [5.74, 6) is -0.735. The van der Waals surface area contributed by atoms with Crippen LogP contribution in [0.2, 0.25) is 0 Å². The van der Waals surface area contributed by atoms with Crippen molar-refractivity contribution in [2.24, 2.45) is 0 Å². The molecular formula is C22H18F2N6O. The molecule has 9 heteroatoms. The number of rotatable bonds is 3. The second-order valence-corrected chi connectivity index (χ2v) is 7.37. The number of fused-ring (bicyclic) bond motifs is 1. The molecule has 7 nitrogen and oxygen atoms in total. The van der Waals surface area contributed by atoms with Crippen LogP contribution in [0, 0.1) is 11.8 Å². The fraction of sp³-hybridized carbons (Fsp3) is 0.182. The summed E-state index contributed by atoms with van der Waals surface area (Å²) in [4.78, 5) is 29.5. The number of imidazole rings is 1. The van der Waals surface area contributed by atoms with Crippen LogP contribution < -0.4 is 5.32 Å². The Labute approximate surface area is 176 Å². The Balaban J connectivity index is 1.45. The van der Waals surface area contributed by atoms with E-state index in [4.69, 9.17) is 0 Å². The van der Waals surface area contributed by atoms with E-state index in [1.54, 1.807) is 29.3 Å². The van der Waals surface area contributed by atoms with Gasteiger partial charge in [-0.05, 0) is 49.2 Å². The maximum atomic E-state index is 14.6. The fourth-order valence-electron chi connectivity index (χ4n) is 3.64. The SMILES string of the molecule is O=C(Nc1ccc(F)c(-c2nc3ncc(-c4ccc(F)nc4)cc3[nH]2)c1)N1CCCC1. The van der Waals surface area contributed by atoms with Crippen molar-refractivity contribution in [3.8, 4) is 22.5 Å². The Kier molecular flexibility index (Phi) is 4.78. The molecule has 2 N–H and O–H groups in total. The minimum Gasteiger partial charge on any atom is -0.336 e. The predicted octanol–water partition coefficient (Wildman–Crippen LogP) is 4.59. The summed E-state index contributed by atoms with van der Waals surface area (Å²) in [7, 11) is 0. The van der Waals surface area contributed by atoms with Crippen LogP contribution in [-0.2, 0) is 0 Å². The molecule has 3 aromatic heterocycles. The summed E-state index contributed by atoms with van der Waals surface area (Å²) in [5, 5.41) is 2.82. The van der Waals surface area contributed by atoms with Crippen LogP contribution >= 0.6 is 0 Å². The quantitative estimate of drug-likeness (QED) is 0.475. The van der Waals surface area contributed by atoms with E-state index in [1.165, 1.54) is 24.4 Å². The lowest BCUT2D eigenvalue weighted by Gasteiger charge is -2.16. The smallest absolute Gasteiger partial charge is 0.321 e. The summed E-state index contributed by atoms with van der Waals surface area (Å²) < 4.78 is 27.6. The highest BCUT2D eigenvalue weighted by atomic mass is 19.1. The Hall–Kier alpha value is -3.88. The summed E-state index contributed by atoms with van der Waals surface area (Å²) in [6.45, 7) is 1.45. The van der Waals surface area contributed by atoms with Gasteiger partial charge in [-0.25, -0.2) is 24.1 Å². The van der Waals surface area contributed by atoms with Gasteiger partial charge in [0.05, 0.1) is 11.1 Å². The van der Waals surface area contributed by atoms with E-state index in [0.717, 1.165) is 31.5 Å². The fourth-order valence-corrected chi connectivity index (χ4v) is 3.64. The number of hydrogen-bond acceptors (Lipinski definition) is 4. The topological polar surface area (TPSA) is 86.8 Å². The lowest BCUT2D eigenvalue weighted by atomic mass is 10.1. The highest BCUT2D eigenvalue weighted by Gasteiger charge is 2.19. The summed E-state index contributed by atoms with van der Waals surface area (Å²) in [6.07, 6.45) is 5.00. The van der Waals surface area contributed by atoms with E-state index in [0.29, 0.717) is 28.2 Å². The first kappa shape index (κ1) is 19.1. The number of benzene rings is 1. The van der Waals surface area contributed by atoms with Crippen LogP contribution in [-0.4, -0.2) is 44.0 Å². The van der Waals surface area contributed by atoms with Crippen molar-refractivity contribution >= 4 is 22.9 Å². The van der Waals surface area contributed by atoms with Crippen LogP contribution in [0.5, 0.6) is 0 Å². The number of urea groups is 1. The van der Waals surface area contributed by atoms with Crippen LogP contribution in [0.3, 0.4) is 0 Å². The predicted molar refractivity (Wildman–Crippen MR) is 112 cm³/mol. The molecule has 0 unspecified atom stereocenters. The molecule has 1 saturated heterocycles. The molecule has 0 aliphatic carbocycles. The molecule has 1 aromatic carbocycles. The molecule has 0 radical (unpaired) electrons. The molecule has 0 atom stereocenters. The summed E-state index contributed by atoms with van der Waals surface area (Å²) in [5.41, 5.74) is 3.15. The van der Waals surface area contributed by atoms with Crippen molar-refractivity contribution in [3.05, 3.63) is 60.6 Å². The lowest BCUT2D eigenvalue weighted by Crippen LogP contribution is -2.32. The van der Waals surface area contributed by atoms with Crippen LogP contribution in [0.25, 0.3) is 33.7 Å². The van der Waals surface area contributed by atoms with Gasteiger partial charge in [-0.3, -0.25) is 0 Å². The Morgan fingerprint density at radius 3 is 2.58 bits per heavy atom. The molecule has 0 saturated carbocycles. The first-order valence-electron chi connectivity index (χ1n) is 9.90. The van der Waals surface area contributed by atoms with Crippen molar-refractivity contribution in [1.82, 2.24) is 24.8 Å². The van der Waals surface area contributed by atoms with Crippen molar-refractivity contribution in [2.75, 3.05) is 18.4 Å². The third-order valence-electron chi connectivity index (χ3n) is 5.26. The highest BCUT2D eigenvalue weighted by Crippen LogP contribution is 2.28. The van der Waals surface area contributed by atoms with Crippen molar-refractivity contribution in [3.63, 3.8) is 0 Å². The van der Waals surface area contributed by atoms with Gasteiger partial charge in [-0.1, -0.05) is 0 Å². The van der Waals surface area contributed by atoms with Crippen molar-refractivity contribution < 1.29 is 13.6 Å². The first-order valence-corrected chi connectivity index (χ1v) is 9.90. The summed E-state index contributed by atoms with van der Waals surface area (Å²) in [6, 6.07) is 8.85. The number of amides is 2. The molecule has 1 aliphatic heterocycles. The zero-order valence-electron chi connectivity index (χ0n) is 16.4. The number of nitrogens with one attached hydrogen (secondary N) is 2. The zero-order valence-corrected chi connectivity index (χ0v) is 16.4. The van der Waals surface area contributed by atoms with E-state index in [-0.39, 0.29) is 11.6 Å². The van der Waals surface area contributed by atoms with E-state index in [2.05, 4.69) is 25.3 Å². The lowest BCUT2D eigenvalue weighted by molar-refractivity contribution is 0.222. The first-order chi connectivity index (χ1) is 15.1. The van der Waals surface area contributed by atoms with Gasteiger partial charge in [0, 0.05) is 42.3 Å². The number of carbonyl (C=O) groups excluding carboxylic acids is 1. The molecule has 4 heterocycles.